The van der Waals surface area contributed by atoms with Crippen molar-refractivity contribution in [2.24, 2.45) is 5.92 Å². The fourth-order valence-corrected chi connectivity index (χ4v) is 4.32. The number of thioether (sulfide) groups is 1. The van der Waals surface area contributed by atoms with E-state index in [4.69, 9.17) is 0 Å². The molecule has 2 N–H and O–H groups in total. The Morgan fingerprint density at radius 3 is 2.46 bits per heavy atom. The van der Waals surface area contributed by atoms with E-state index in [9.17, 15) is 9.59 Å². The fraction of sp³-hybridized carbons (Fsp3) is 0.778. The number of carbonyl (C=O) groups excluding carboxylic acids is 2. The van der Waals surface area contributed by atoms with Crippen molar-refractivity contribution < 1.29 is 9.59 Å². The van der Waals surface area contributed by atoms with Gasteiger partial charge in [0.15, 0.2) is 4.34 Å². The molecule has 1 saturated heterocycles. The van der Waals surface area contributed by atoms with Gasteiger partial charge in [0, 0.05) is 38.3 Å². The first-order valence-corrected chi connectivity index (χ1v) is 11.4. The Morgan fingerprint density at radius 1 is 1.18 bits per heavy atom. The van der Waals surface area contributed by atoms with Crippen molar-refractivity contribution in [3.8, 4) is 0 Å². The molecule has 0 aromatic carbocycles. The van der Waals surface area contributed by atoms with Crippen LogP contribution in [-0.2, 0) is 9.59 Å². The summed E-state index contributed by atoms with van der Waals surface area (Å²) in [5.74, 6) is 1.04. The minimum atomic E-state index is -0.221. The zero-order valence-electron chi connectivity index (χ0n) is 17.4. The summed E-state index contributed by atoms with van der Waals surface area (Å²) in [5, 5.41) is 15.3. The summed E-state index contributed by atoms with van der Waals surface area (Å²) in [4.78, 5) is 28.4. The lowest BCUT2D eigenvalue weighted by molar-refractivity contribution is -0.130. The zero-order valence-corrected chi connectivity index (χ0v) is 19.1. The second-order valence-corrected chi connectivity index (χ2v) is 10.6. The van der Waals surface area contributed by atoms with Crippen molar-refractivity contribution in [2.45, 2.75) is 44.5 Å². The molecule has 158 valence electrons. The summed E-state index contributed by atoms with van der Waals surface area (Å²) in [7, 11) is 0. The van der Waals surface area contributed by atoms with E-state index in [-0.39, 0.29) is 17.4 Å². The van der Waals surface area contributed by atoms with Crippen molar-refractivity contribution in [3.05, 3.63) is 0 Å². The first kappa shape index (κ1) is 22.9. The molecule has 0 spiro atoms. The number of aromatic nitrogens is 2. The Labute approximate surface area is 175 Å². The van der Waals surface area contributed by atoms with E-state index in [1.54, 1.807) is 0 Å². The Kier molecular flexibility index (Phi) is 8.51. The monoisotopic (exact) mass is 428 g/mol. The number of piperazine rings is 1. The van der Waals surface area contributed by atoms with Crippen molar-refractivity contribution in [1.29, 1.82) is 0 Å². The van der Waals surface area contributed by atoms with E-state index >= 15 is 0 Å². The predicted molar refractivity (Wildman–Crippen MR) is 115 cm³/mol. The molecule has 1 aliphatic heterocycles. The van der Waals surface area contributed by atoms with Crippen LogP contribution in [0.5, 0.6) is 0 Å². The summed E-state index contributed by atoms with van der Waals surface area (Å²) in [6, 6.07) is 0. The van der Waals surface area contributed by atoms with E-state index in [0.29, 0.717) is 31.3 Å². The van der Waals surface area contributed by atoms with E-state index < -0.39 is 0 Å². The number of anilines is 1. The standard InChI is InChI=1S/C18H32N6O2S2/c1-13(2)10-19-16-21-22-17(28-16)27-12-15(26)24-8-6-23(7-9-24)11-14(25)20-18(3,4)5/h13H,6-12H2,1-5H3,(H,19,21)(H,20,25). The molecular formula is C18H32N6O2S2. The Bertz CT molecular complexity index is 651. The first-order chi connectivity index (χ1) is 13.1. The topological polar surface area (TPSA) is 90.5 Å². The van der Waals surface area contributed by atoms with Gasteiger partial charge in [-0.2, -0.15) is 0 Å². The Morgan fingerprint density at radius 2 is 1.86 bits per heavy atom. The van der Waals surface area contributed by atoms with Crippen LogP contribution in [0, 0.1) is 5.92 Å². The van der Waals surface area contributed by atoms with Gasteiger partial charge >= 0.3 is 0 Å². The van der Waals surface area contributed by atoms with Gasteiger partial charge in [0.05, 0.1) is 12.3 Å². The molecule has 28 heavy (non-hydrogen) atoms. The predicted octanol–water partition coefficient (Wildman–Crippen LogP) is 1.76. The largest absolute Gasteiger partial charge is 0.360 e. The fourth-order valence-electron chi connectivity index (χ4n) is 2.66. The molecule has 10 heteroatoms. The Balaban J connectivity index is 1.69. The quantitative estimate of drug-likeness (QED) is 0.610. The van der Waals surface area contributed by atoms with Gasteiger partial charge in [-0.15, -0.1) is 10.2 Å². The van der Waals surface area contributed by atoms with Gasteiger partial charge in [0.25, 0.3) is 0 Å². The minimum Gasteiger partial charge on any atom is -0.360 e. The third-order valence-corrected chi connectivity index (χ3v) is 5.99. The molecule has 0 bridgehead atoms. The maximum atomic E-state index is 12.5. The average Bonchev–Trinajstić information content (AvgIpc) is 3.05. The smallest absolute Gasteiger partial charge is 0.234 e. The number of carbonyl (C=O) groups is 2. The van der Waals surface area contributed by atoms with Crippen LogP contribution >= 0.6 is 23.1 Å². The summed E-state index contributed by atoms with van der Waals surface area (Å²) in [6.45, 7) is 14.2. The van der Waals surface area contributed by atoms with Crippen molar-refractivity contribution >= 4 is 40.0 Å². The second kappa shape index (κ2) is 10.4. The van der Waals surface area contributed by atoms with Crippen LogP contribution in [0.1, 0.15) is 34.6 Å². The van der Waals surface area contributed by atoms with Gasteiger partial charge in [-0.25, -0.2) is 0 Å². The maximum Gasteiger partial charge on any atom is 0.234 e. The highest BCUT2D eigenvalue weighted by molar-refractivity contribution is 8.01. The minimum absolute atomic E-state index is 0.0287. The molecule has 0 aliphatic carbocycles. The van der Waals surface area contributed by atoms with E-state index in [0.717, 1.165) is 29.1 Å². The van der Waals surface area contributed by atoms with Crippen LogP contribution in [0.2, 0.25) is 0 Å². The summed E-state index contributed by atoms with van der Waals surface area (Å²) < 4.78 is 0.803. The van der Waals surface area contributed by atoms with Gasteiger partial charge in [0.2, 0.25) is 16.9 Å². The lowest BCUT2D eigenvalue weighted by atomic mass is 10.1. The number of nitrogens with one attached hydrogen (secondary N) is 2. The van der Waals surface area contributed by atoms with E-state index in [1.807, 2.05) is 25.7 Å². The molecule has 0 radical (unpaired) electrons. The summed E-state index contributed by atoms with van der Waals surface area (Å²) in [6.07, 6.45) is 0. The van der Waals surface area contributed by atoms with Crippen LogP contribution in [0.15, 0.2) is 4.34 Å². The second-order valence-electron chi connectivity index (χ2n) is 8.39. The molecule has 0 atom stereocenters. The molecule has 2 rings (SSSR count). The van der Waals surface area contributed by atoms with Crippen LogP contribution in [-0.4, -0.2) is 82.4 Å². The maximum absolute atomic E-state index is 12.5. The SMILES string of the molecule is CC(C)CNc1nnc(SCC(=O)N2CCN(CC(=O)NC(C)(C)C)CC2)s1. The molecule has 1 aromatic rings. The number of nitrogens with zero attached hydrogens (tertiary/aromatic N) is 4. The third kappa shape index (κ3) is 8.32. The number of amides is 2. The highest BCUT2D eigenvalue weighted by atomic mass is 32.2. The normalized spacial score (nSPS) is 15.7. The molecule has 0 saturated carbocycles. The molecule has 8 nitrogen and oxygen atoms in total. The van der Waals surface area contributed by atoms with E-state index in [2.05, 4.69) is 39.6 Å². The highest BCUT2D eigenvalue weighted by Gasteiger charge is 2.24. The third-order valence-electron chi connectivity index (χ3n) is 3.99. The van der Waals surface area contributed by atoms with Crippen molar-refractivity contribution in [2.75, 3.05) is 50.3 Å². The van der Waals surface area contributed by atoms with E-state index in [1.165, 1.54) is 23.1 Å². The van der Waals surface area contributed by atoms with Crippen LogP contribution in [0.4, 0.5) is 5.13 Å². The molecule has 2 amide bonds. The van der Waals surface area contributed by atoms with Crippen LogP contribution < -0.4 is 10.6 Å². The van der Waals surface area contributed by atoms with Gasteiger partial charge in [-0.05, 0) is 26.7 Å². The lowest BCUT2D eigenvalue weighted by Gasteiger charge is -2.34. The molecule has 2 heterocycles. The van der Waals surface area contributed by atoms with Gasteiger partial charge in [0.1, 0.15) is 0 Å². The summed E-state index contributed by atoms with van der Waals surface area (Å²) >= 11 is 2.91. The zero-order chi connectivity index (χ0) is 20.7. The number of hydrogen-bond donors (Lipinski definition) is 2. The Hall–Kier alpha value is -1.39. The van der Waals surface area contributed by atoms with Gasteiger partial charge < -0.3 is 15.5 Å². The van der Waals surface area contributed by atoms with Gasteiger partial charge in [-0.1, -0.05) is 36.9 Å². The molecule has 1 aromatic heterocycles. The van der Waals surface area contributed by atoms with Crippen molar-refractivity contribution in [1.82, 2.24) is 25.3 Å². The molecular weight excluding hydrogens is 396 g/mol. The van der Waals surface area contributed by atoms with Crippen LogP contribution in [0.3, 0.4) is 0 Å². The number of rotatable bonds is 8. The van der Waals surface area contributed by atoms with Gasteiger partial charge in [-0.3, -0.25) is 14.5 Å². The van der Waals surface area contributed by atoms with Crippen molar-refractivity contribution in [3.63, 3.8) is 0 Å². The highest BCUT2D eigenvalue weighted by Crippen LogP contribution is 2.25. The molecule has 1 fully saturated rings. The number of hydrogen-bond acceptors (Lipinski definition) is 8. The molecule has 0 unspecified atom stereocenters. The lowest BCUT2D eigenvalue weighted by Crippen LogP contribution is -2.53. The first-order valence-electron chi connectivity index (χ1n) is 9.63. The van der Waals surface area contributed by atoms with Crippen LogP contribution in [0.25, 0.3) is 0 Å². The molecule has 1 aliphatic rings. The average molecular weight is 429 g/mol. The summed E-state index contributed by atoms with van der Waals surface area (Å²) in [5.41, 5.74) is -0.221.